The van der Waals surface area contributed by atoms with Gasteiger partial charge in [0.2, 0.25) is 5.91 Å². The highest BCUT2D eigenvalue weighted by Gasteiger charge is 2.36. The Hall–Kier alpha value is -3.26. The smallest absolute Gasteiger partial charge is 0.265 e. The minimum atomic E-state index is -4.05. The van der Waals surface area contributed by atoms with E-state index in [-0.39, 0.29) is 16.3 Å². The third kappa shape index (κ3) is 3.01. The highest BCUT2D eigenvalue weighted by Crippen LogP contribution is 2.43. The van der Waals surface area contributed by atoms with Crippen molar-refractivity contribution in [2.75, 3.05) is 16.2 Å². The predicted molar refractivity (Wildman–Crippen MR) is 101 cm³/mol. The molecule has 3 aromatic carbocycles. The monoisotopic (exact) mass is 400 g/mol. The number of hydrogen-bond donors (Lipinski definition) is 1. The van der Waals surface area contributed by atoms with Crippen molar-refractivity contribution in [1.82, 2.24) is 0 Å². The van der Waals surface area contributed by atoms with Gasteiger partial charge in [-0.2, -0.15) is 0 Å². The number of rotatable bonds is 3. The van der Waals surface area contributed by atoms with Crippen molar-refractivity contribution in [1.29, 1.82) is 0 Å². The minimum absolute atomic E-state index is 0.0215. The van der Waals surface area contributed by atoms with Crippen molar-refractivity contribution in [2.45, 2.75) is 4.90 Å². The summed E-state index contributed by atoms with van der Waals surface area (Å²) >= 11 is 0. The molecule has 4 rings (SSSR count). The maximum absolute atomic E-state index is 13.8. The average Bonchev–Trinajstić information content (AvgIpc) is 2.67. The van der Waals surface area contributed by atoms with Crippen LogP contribution < -0.4 is 9.62 Å². The lowest BCUT2D eigenvalue weighted by Gasteiger charge is -2.31. The number of nitrogens with one attached hydrogen (secondary N) is 1. The molecule has 0 spiro atoms. The number of fused-ring (bicyclic) bond motifs is 3. The molecule has 142 valence electrons. The molecular weight excluding hydrogens is 386 g/mol. The maximum Gasteiger partial charge on any atom is 0.265 e. The Morgan fingerprint density at radius 1 is 0.929 bits per heavy atom. The van der Waals surface area contributed by atoms with Crippen LogP contribution >= 0.6 is 0 Å². The molecule has 0 saturated carbocycles. The maximum atomic E-state index is 13.8. The van der Waals surface area contributed by atoms with Crippen LogP contribution in [0.3, 0.4) is 0 Å². The molecule has 0 atom stereocenters. The Balaban J connectivity index is 1.75. The van der Waals surface area contributed by atoms with Gasteiger partial charge in [-0.1, -0.05) is 30.3 Å². The van der Waals surface area contributed by atoms with Crippen molar-refractivity contribution in [2.24, 2.45) is 0 Å². The number of amides is 1. The van der Waals surface area contributed by atoms with Gasteiger partial charge in [0.05, 0.1) is 16.3 Å². The lowest BCUT2D eigenvalue weighted by atomic mass is 10.0. The number of nitrogens with zero attached hydrogens (tertiary/aromatic N) is 1. The van der Waals surface area contributed by atoms with Gasteiger partial charge >= 0.3 is 0 Å². The van der Waals surface area contributed by atoms with Gasteiger partial charge in [0.25, 0.3) is 10.0 Å². The first-order chi connectivity index (χ1) is 13.4. The van der Waals surface area contributed by atoms with Crippen LogP contribution in [0.5, 0.6) is 0 Å². The van der Waals surface area contributed by atoms with E-state index in [1.165, 1.54) is 36.4 Å². The topological polar surface area (TPSA) is 66.5 Å². The summed E-state index contributed by atoms with van der Waals surface area (Å²) in [7, 11) is -4.05. The Labute approximate surface area is 160 Å². The summed E-state index contributed by atoms with van der Waals surface area (Å²) in [4.78, 5) is 12.4. The van der Waals surface area contributed by atoms with E-state index in [4.69, 9.17) is 0 Å². The van der Waals surface area contributed by atoms with Crippen LogP contribution in [0.2, 0.25) is 0 Å². The van der Waals surface area contributed by atoms with Crippen molar-refractivity contribution in [3.8, 4) is 11.1 Å². The van der Waals surface area contributed by atoms with Crippen molar-refractivity contribution in [3.63, 3.8) is 0 Å². The molecule has 0 saturated heterocycles. The largest absolute Gasteiger partial charge is 0.322 e. The fourth-order valence-corrected chi connectivity index (χ4v) is 4.81. The third-order valence-corrected chi connectivity index (χ3v) is 6.23. The number of para-hydroxylation sites is 1. The second-order valence-electron chi connectivity index (χ2n) is 6.20. The predicted octanol–water partition coefficient (Wildman–Crippen LogP) is 3.78. The van der Waals surface area contributed by atoms with E-state index in [1.807, 2.05) is 0 Å². The first-order valence-corrected chi connectivity index (χ1v) is 9.78. The van der Waals surface area contributed by atoms with E-state index < -0.39 is 34.1 Å². The van der Waals surface area contributed by atoms with Gasteiger partial charge in [-0.25, -0.2) is 17.2 Å². The second kappa shape index (κ2) is 6.72. The molecule has 1 amide bonds. The Bertz CT molecular complexity index is 1200. The minimum Gasteiger partial charge on any atom is -0.322 e. The molecule has 1 heterocycles. The zero-order valence-corrected chi connectivity index (χ0v) is 15.2. The normalized spacial score (nSPS) is 14.1. The lowest BCUT2D eigenvalue weighted by molar-refractivity contribution is -0.114. The summed E-state index contributed by atoms with van der Waals surface area (Å²) in [6.07, 6.45) is 0. The number of halogens is 2. The highest BCUT2D eigenvalue weighted by molar-refractivity contribution is 7.93. The second-order valence-corrected chi connectivity index (χ2v) is 8.03. The third-order valence-electron chi connectivity index (χ3n) is 4.41. The number of hydrogen-bond acceptors (Lipinski definition) is 3. The molecule has 1 aliphatic rings. The fraction of sp³-hybridized carbons (Fsp3) is 0.0500. The van der Waals surface area contributed by atoms with Crippen LogP contribution in [0.25, 0.3) is 11.1 Å². The van der Waals surface area contributed by atoms with Crippen molar-refractivity contribution in [3.05, 3.63) is 78.4 Å². The highest BCUT2D eigenvalue weighted by atomic mass is 32.2. The van der Waals surface area contributed by atoms with Gasteiger partial charge in [-0.05, 0) is 36.4 Å². The zero-order valence-electron chi connectivity index (χ0n) is 14.4. The number of carbonyl (C=O) groups excluding carboxylic acids is 1. The molecule has 8 heteroatoms. The number of anilines is 2. The Morgan fingerprint density at radius 2 is 1.64 bits per heavy atom. The summed E-state index contributed by atoms with van der Waals surface area (Å²) in [5.74, 6) is -1.88. The Kier molecular flexibility index (Phi) is 4.35. The van der Waals surface area contributed by atoms with Crippen molar-refractivity contribution < 1.29 is 22.0 Å². The zero-order chi connectivity index (χ0) is 19.9. The SMILES string of the molecule is O=C(CN1c2ccc(F)cc2-c2ccccc2S1(=O)=O)Nc1ccccc1F. The molecule has 0 unspecified atom stereocenters. The van der Waals surface area contributed by atoms with Crippen LogP contribution in [0.15, 0.2) is 71.6 Å². The van der Waals surface area contributed by atoms with Crippen molar-refractivity contribution >= 4 is 27.3 Å². The van der Waals surface area contributed by atoms with Gasteiger partial charge in [0.1, 0.15) is 18.2 Å². The van der Waals surface area contributed by atoms with Crippen LogP contribution in [0, 0.1) is 11.6 Å². The number of sulfonamides is 1. The average molecular weight is 400 g/mol. The van der Waals surface area contributed by atoms with Gasteiger partial charge in [0.15, 0.2) is 0 Å². The van der Waals surface area contributed by atoms with Crippen LogP contribution in [-0.2, 0) is 14.8 Å². The van der Waals surface area contributed by atoms with Gasteiger partial charge < -0.3 is 5.32 Å². The molecule has 0 fully saturated rings. The van der Waals surface area contributed by atoms with E-state index in [0.29, 0.717) is 11.1 Å². The van der Waals surface area contributed by atoms with Crippen LogP contribution in [0.1, 0.15) is 0 Å². The number of carbonyl (C=O) groups is 1. The van der Waals surface area contributed by atoms with E-state index in [2.05, 4.69) is 5.32 Å². The molecule has 1 aliphatic heterocycles. The first kappa shape index (κ1) is 18.1. The van der Waals surface area contributed by atoms with E-state index >= 15 is 0 Å². The fourth-order valence-electron chi connectivity index (χ4n) is 3.16. The van der Waals surface area contributed by atoms with Gasteiger partial charge in [-0.3, -0.25) is 9.10 Å². The lowest BCUT2D eigenvalue weighted by Crippen LogP contribution is -2.40. The molecule has 3 aromatic rings. The summed E-state index contributed by atoms with van der Waals surface area (Å²) in [6.45, 7) is -0.580. The van der Waals surface area contributed by atoms with E-state index in [0.717, 1.165) is 10.4 Å². The molecule has 0 bridgehead atoms. The number of benzene rings is 3. The van der Waals surface area contributed by atoms with E-state index in [9.17, 15) is 22.0 Å². The molecule has 0 radical (unpaired) electrons. The molecule has 5 nitrogen and oxygen atoms in total. The summed E-state index contributed by atoms with van der Waals surface area (Å²) < 4.78 is 54.7. The van der Waals surface area contributed by atoms with Crippen LogP contribution in [-0.4, -0.2) is 20.9 Å². The quantitative estimate of drug-likeness (QED) is 0.728. The Morgan fingerprint density at radius 3 is 2.43 bits per heavy atom. The summed E-state index contributed by atoms with van der Waals surface area (Å²) in [6, 6.07) is 15.4. The molecule has 1 N–H and O–H groups in total. The first-order valence-electron chi connectivity index (χ1n) is 8.34. The van der Waals surface area contributed by atoms with E-state index in [1.54, 1.807) is 24.3 Å². The summed E-state index contributed by atoms with van der Waals surface area (Å²) in [5, 5.41) is 2.37. The molecular formula is C20H14F2N2O3S. The molecule has 28 heavy (non-hydrogen) atoms. The van der Waals surface area contributed by atoms with Gasteiger partial charge in [0, 0.05) is 11.1 Å². The standard InChI is InChI=1S/C20H14F2N2O3S/c21-13-9-10-18-15(11-13)14-5-1-4-8-19(14)28(26,27)24(18)12-20(25)23-17-7-3-2-6-16(17)22/h1-11H,12H2,(H,23,25). The van der Waals surface area contributed by atoms with Crippen LogP contribution in [0.4, 0.5) is 20.2 Å². The molecule has 0 aliphatic carbocycles. The molecule has 0 aromatic heterocycles. The van der Waals surface area contributed by atoms with Gasteiger partial charge in [-0.15, -0.1) is 0 Å². The summed E-state index contributed by atoms with van der Waals surface area (Å²) in [5.41, 5.74) is 0.859.